The lowest BCUT2D eigenvalue weighted by Gasteiger charge is -2.24. The van der Waals surface area contributed by atoms with E-state index in [0.717, 1.165) is 9.87 Å². The third-order valence-electron chi connectivity index (χ3n) is 5.14. The quantitative estimate of drug-likeness (QED) is 0.302. The van der Waals surface area contributed by atoms with Crippen LogP contribution in [0.1, 0.15) is 11.1 Å². The predicted octanol–water partition coefficient (Wildman–Crippen LogP) is 3.26. The molecule has 1 N–H and O–H groups in total. The molecule has 37 heavy (non-hydrogen) atoms. The minimum Gasteiger partial charge on any atom is -0.493 e. The summed E-state index contributed by atoms with van der Waals surface area (Å²) in [6.07, 6.45) is 1.40. The molecule has 0 radical (unpaired) electrons. The minimum absolute atomic E-state index is 0.0305. The zero-order valence-electron chi connectivity index (χ0n) is 20.5. The van der Waals surface area contributed by atoms with Gasteiger partial charge in [-0.3, -0.25) is 9.10 Å². The SMILES string of the molecule is COc1ccc(N(CC(=O)N/N=C/c2ccc(OCC#N)cc2)S(=O)(=O)c2ccc(C)cc2)cc1OC. The molecular weight excluding hydrogens is 496 g/mol. The second kappa shape index (κ2) is 12.4. The van der Waals surface area contributed by atoms with Crippen molar-refractivity contribution >= 4 is 27.8 Å². The van der Waals surface area contributed by atoms with Gasteiger partial charge in [0, 0.05) is 6.07 Å². The van der Waals surface area contributed by atoms with Crippen LogP contribution in [0.25, 0.3) is 0 Å². The molecule has 0 bridgehead atoms. The third kappa shape index (κ3) is 6.99. The Morgan fingerprint density at radius 3 is 2.32 bits per heavy atom. The number of anilines is 1. The van der Waals surface area contributed by atoms with Gasteiger partial charge in [-0.25, -0.2) is 13.8 Å². The van der Waals surface area contributed by atoms with Crippen molar-refractivity contribution in [2.45, 2.75) is 11.8 Å². The van der Waals surface area contributed by atoms with Crippen molar-refractivity contribution in [2.75, 3.05) is 31.7 Å². The largest absolute Gasteiger partial charge is 0.493 e. The standard InChI is InChI=1S/C26H26N4O6S/c1-19-4-11-23(12-5-19)37(32,33)30(21-8-13-24(34-2)25(16-21)35-3)18-26(31)29-28-17-20-6-9-22(10-7-20)36-15-14-27/h4-13,16-17H,15,18H2,1-3H3,(H,29,31)/b28-17+. The van der Waals surface area contributed by atoms with Crippen LogP contribution in [-0.2, 0) is 14.8 Å². The molecule has 0 unspecified atom stereocenters. The van der Waals surface area contributed by atoms with Crippen LogP contribution in [0.4, 0.5) is 5.69 Å². The number of amides is 1. The van der Waals surface area contributed by atoms with Gasteiger partial charge in [0.1, 0.15) is 18.4 Å². The highest BCUT2D eigenvalue weighted by atomic mass is 32.2. The van der Waals surface area contributed by atoms with Crippen molar-refractivity contribution in [3.05, 3.63) is 77.9 Å². The zero-order chi connectivity index (χ0) is 26.8. The number of hydrogen-bond donors (Lipinski definition) is 1. The maximum atomic E-state index is 13.5. The van der Waals surface area contributed by atoms with Gasteiger partial charge in [0.05, 0.1) is 31.0 Å². The molecule has 192 valence electrons. The Balaban J connectivity index is 1.83. The van der Waals surface area contributed by atoms with Crippen LogP contribution in [0, 0.1) is 18.3 Å². The summed E-state index contributed by atoms with van der Waals surface area (Å²) in [5, 5.41) is 12.5. The van der Waals surface area contributed by atoms with Gasteiger partial charge >= 0.3 is 0 Å². The van der Waals surface area contributed by atoms with E-state index in [-0.39, 0.29) is 17.2 Å². The second-order valence-corrected chi connectivity index (χ2v) is 9.54. The third-order valence-corrected chi connectivity index (χ3v) is 6.93. The van der Waals surface area contributed by atoms with Crippen LogP contribution in [0.2, 0.25) is 0 Å². The number of benzene rings is 3. The van der Waals surface area contributed by atoms with Gasteiger partial charge in [0.25, 0.3) is 15.9 Å². The summed E-state index contributed by atoms with van der Waals surface area (Å²) in [4.78, 5) is 12.8. The lowest BCUT2D eigenvalue weighted by molar-refractivity contribution is -0.119. The van der Waals surface area contributed by atoms with Gasteiger partial charge < -0.3 is 14.2 Å². The topological polar surface area (TPSA) is 130 Å². The van der Waals surface area contributed by atoms with Crippen LogP contribution in [0.5, 0.6) is 17.2 Å². The van der Waals surface area contributed by atoms with Crippen molar-refractivity contribution in [1.29, 1.82) is 5.26 Å². The zero-order valence-corrected chi connectivity index (χ0v) is 21.4. The summed E-state index contributed by atoms with van der Waals surface area (Å²) in [7, 11) is -1.21. The Morgan fingerprint density at radius 2 is 1.70 bits per heavy atom. The molecule has 0 aliphatic carbocycles. The average Bonchev–Trinajstić information content (AvgIpc) is 2.91. The first-order chi connectivity index (χ1) is 17.8. The van der Waals surface area contributed by atoms with Crippen LogP contribution in [0.15, 0.2) is 76.7 Å². The van der Waals surface area contributed by atoms with E-state index in [1.54, 1.807) is 42.5 Å². The number of nitrogens with zero attached hydrogens (tertiary/aromatic N) is 3. The Hall–Kier alpha value is -4.56. The highest BCUT2D eigenvalue weighted by molar-refractivity contribution is 7.92. The summed E-state index contributed by atoms with van der Waals surface area (Å²) in [6, 6.07) is 19.5. The van der Waals surface area contributed by atoms with Crippen molar-refractivity contribution in [2.24, 2.45) is 5.10 Å². The molecule has 3 aromatic rings. The normalized spacial score (nSPS) is 11.0. The number of rotatable bonds is 11. The monoisotopic (exact) mass is 522 g/mol. The van der Waals surface area contributed by atoms with Crippen LogP contribution < -0.4 is 23.9 Å². The lowest BCUT2D eigenvalue weighted by Crippen LogP contribution is -2.39. The summed E-state index contributed by atoms with van der Waals surface area (Å²) in [5.41, 5.74) is 4.13. The van der Waals surface area contributed by atoms with Crippen LogP contribution in [0.3, 0.4) is 0 Å². The van der Waals surface area contributed by atoms with Crippen molar-refractivity contribution < 1.29 is 27.4 Å². The molecule has 0 aromatic heterocycles. The van der Waals surface area contributed by atoms with Gasteiger partial charge in [-0.2, -0.15) is 10.4 Å². The van der Waals surface area contributed by atoms with Gasteiger partial charge in [0.2, 0.25) is 0 Å². The first kappa shape index (κ1) is 27.0. The fourth-order valence-corrected chi connectivity index (χ4v) is 4.66. The molecule has 0 saturated heterocycles. The van der Waals surface area contributed by atoms with Crippen molar-refractivity contribution in [3.63, 3.8) is 0 Å². The summed E-state index contributed by atoms with van der Waals surface area (Å²) < 4.78 is 43.8. The molecule has 10 nitrogen and oxygen atoms in total. The van der Waals surface area contributed by atoms with E-state index in [9.17, 15) is 13.2 Å². The maximum Gasteiger partial charge on any atom is 0.264 e. The van der Waals surface area contributed by atoms with Gasteiger partial charge in [0.15, 0.2) is 18.1 Å². The van der Waals surface area contributed by atoms with Gasteiger partial charge in [-0.1, -0.05) is 17.7 Å². The van der Waals surface area contributed by atoms with Crippen molar-refractivity contribution in [1.82, 2.24) is 5.43 Å². The highest BCUT2D eigenvalue weighted by Gasteiger charge is 2.28. The molecule has 1 amide bonds. The Kier molecular flexibility index (Phi) is 9.07. The Labute approximate surface area is 215 Å². The fourth-order valence-electron chi connectivity index (χ4n) is 3.24. The van der Waals surface area contributed by atoms with E-state index in [1.165, 1.54) is 44.7 Å². The number of aryl methyl sites for hydroxylation is 1. The Bertz CT molecular complexity index is 1400. The molecule has 0 atom stereocenters. The summed E-state index contributed by atoms with van der Waals surface area (Å²) >= 11 is 0. The Morgan fingerprint density at radius 1 is 1.03 bits per heavy atom. The first-order valence-electron chi connectivity index (χ1n) is 11.0. The van der Waals surface area contributed by atoms with Gasteiger partial charge in [-0.05, 0) is 61.0 Å². The summed E-state index contributed by atoms with van der Waals surface area (Å²) in [6.45, 7) is 1.25. The molecule has 11 heteroatoms. The van der Waals surface area contributed by atoms with Crippen LogP contribution >= 0.6 is 0 Å². The second-order valence-electron chi connectivity index (χ2n) is 7.67. The highest BCUT2D eigenvalue weighted by Crippen LogP contribution is 2.33. The molecule has 0 aliphatic heterocycles. The maximum absolute atomic E-state index is 13.5. The van der Waals surface area contributed by atoms with E-state index in [4.69, 9.17) is 19.5 Å². The number of hydrogen-bond acceptors (Lipinski definition) is 8. The van der Waals surface area contributed by atoms with E-state index < -0.39 is 22.5 Å². The number of nitrogens with one attached hydrogen (secondary N) is 1. The molecular formula is C26H26N4O6S. The van der Waals surface area contributed by atoms with Crippen molar-refractivity contribution in [3.8, 4) is 23.3 Å². The molecule has 3 aromatic carbocycles. The number of ether oxygens (including phenoxy) is 3. The minimum atomic E-state index is -4.11. The van der Waals surface area contributed by atoms with E-state index >= 15 is 0 Å². The van der Waals surface area contributed by atoms with E-state index in [2.05, 4.69) is 10.5 Å². The molecule has 0 spiro atoms. The number of sulfonamides is 1. The summed E-state index contributed by atoms with van der Waals surface area (Å²) in [5.74, 6) is 0.590. The fraction of sp³-hybridized carbons (Fsp3) is 0.192. The molecule has 0 heterocycles. The van der Waals surface area contributed by atoms with E-state index in [1.807, 2.05) is 13.0 Å². The molecule has 0 aliphatic rings. The predicted molar refractivity (Wildman–Crippen MR) is 139 cm³/mol. The average molecular weight is 523 g/mol. The van der Waals surface area contributed by atoms with Crippen LogP contribution in [-0.4, -0.2) is 47.9 Å². The number of methoxy groups -OCH3 is 2. The van der Waals surface area contributed by atoms with Gasteiger partial charge in [-0.15, -0.1) is 0 Å². The number of carbonyl (C=O) groups excluding carboxylic acids is 1. The molecule has 0 saturated carbocycles. The molecule has 3 rings (SSSR count). The van der Waals surface area contributed by atoms with E-state index in [0.29, 0.717) is 22.8 Å². The number of hydrazone groups is 1. The lowest BCUT2D eigenvalue weighted by atomic mass is 10.2. The number of nitriles is 1. The number of carbonyl (C=O) groups is 1. The molecule has 0 fully saturated rings. The smallest absolute Gasteiger partial charge is 0.264 e. The first-order valence-corrected chi connectivity index (χ1v) is 12.5.